The van der Waals surface area contributed by atoms with E-state index < -0.39 is 17.4 Å². The highest BCUT2D eigenvalue weighted by atomic mass is 32.1. The number of benzene rings is 2. The van der Waals surface area contributed by atoms with E-state index >= 15 is 0 Å². The number of thiazole rings is 1. The number of aromatic nitrogens is 1. The molecule has 1 aliphatic carbocycles. The third-order valence-corrected chi connectivity index (χ3v) is 6.88. The van der Waals surface area contributed by atoms with Gasteiger partial charge in [-0.05, 0) is 30.7 Å². The molecule has 0 spiro atoms. The molecule has 0 aliphatic heterocycles. The molecule has 0 N–H and O–H groups in total. The van der Waals surface area contributed by atoms with Crippen LogP contribution < -0.4 is 0 Å². The van der Waals surface area contributed by atoms with Gasteiger partial charge in [-0.15, -0.1) is 22.7 Å². The maximum absolute atomic E-state index is 14.1. The number of hydrogen-bond donors (Lipinski definition) is 0. The number of carbonyl (C=O) groups excluding carboxylic acids is 2. The molecule has 3 nitrogen and oxygen atoms in total. The molecule has 6 heteroatoms. The summed E-state index contributed by atoms with van der Waals surface area (Å²) in [5.41, 5.74) is 1.75. The molecule has 0 unspecified atom stereocenters. The Morgan fingerprint density at radius 2 is 1.71 bits per heavy atom. The lowest BCUT2D eigenvalue weighted by Crippen LogP contribution is -2.00. The zero-order valence-corrected chi connectivity index (χ0v) is 16.3. The van der Waals surface area contributed by atoms with Crippen molar-refractivity contribution in [2.75, 3.05) is 0 Å². The maximum Gasteiger partial charge on any atom is 0.200 e. The second-order valence-electron chi connectivity index (χ2n) is 6.53. The summed E-state index contributed by atoms with van der Waals surface area (Å²) >= 11 is 2.98. The third-order valence-electron chi connectivity index (χ3n) is 4.72. The number of carbonyl (C=O) groups is 2. The van der Waals surface area contributed by atoms with Crippen LogP contribution in [0.25, 0.3) is 26.2 Å². The minimum absolute atomic E-state index is 0.0142. The Kier molecular flexibility index (Phi) is 3.86. The van der Waals surface area contributed by atoms with Crippen molar-refractivity contribution in [3.8, 4) is 10.6 Å². The quantitative estimate of drug-likeness (QED) is 0.306. The summed E-state index contributed by atoms with van der Waals surface area (Å²) in [5, 5.41) is 0.930. The van der Waals surface area contributed by atoms with Crippen LogP contribution in [0.5, 0.6) is 0 Å². The maximum atomic E-state index is 14.1. The number of nitrogens with zero attached hydrogens (tertiary/aromatic N) is 1. The van der Waals surface area contributed by atoms with Gasteiger partial charge in [-0.25, -0.2) is 9.37 Å². The molecule has 136 valence electrons. The Balaban J connectivity index is 1.55. The number of halogens is 1. The Bertz CT molecular complexity index is 1240. The van der Waals surface area contributed by atoms with E-state index in [1.54, 1.807) is 24.3 Å². The molecule has 4 aromatic rings. The van der Waals surface area contributed by atoms with Crippen molar-refractivity contribution in [2.24, 2.45) is 0 Å². The SMILES string of the molecule is Cc1ccc(F)c2c1C(=O)/C(=C\c1cc3sc(-c4ccccc4)nc3s1)C2=O. The van der Waals surface area contributed by atoms with E-state index in [2.05, 4.69) is 4.98 Å². The average Bonchev–Trinajstić information content (AvgIpc) is 3.32. The average molecular weight is 405 g/mol. The number of Topliss-reactive ketones (excluding diaryl/α,β-unsaturated/α-hetero) is 2. The Labute approximate surface area is 167 Å². The molecular formula is C22H12FNO2S2. The smallest absolute Gasteiger partial charge is 0.200 e. The third kappa shape index (κ3) is 2.57. The van der Waals surface area contributed by atoms with Gasteiger partial charge < -0.3 is 0 Å². The zero-order chi connectivity index (χ0) is 19.4. The van der Waals surface area contributed by atoms with Gasteiger partial charge in [-0.2, -0.15) is 0 Å². The fourth-order valence-corrected chi connectivity index (χ4v) is 5.54. The lowest BCUT2D eigenvalue weighted by molar-refractivity contribution is 0.0989. The molecular weight excluding hydrogens is 393 g/mol. The molecule has 2 aromatic carbocycles. The van der Waals surface area contributed by atoms with Crippen LogP contribution >= 0.6 is 22.7 Å². The number of fused-ring (bicyclic) bond motifs is 2. The zero-order valence-electron chi connectivity index (χ0n) is 14.7. The second-order valence-corrected chi connectivity index (χ2v) is 8.63. The minimum atomic E-state index is -0.649. The van der Waals surface area contributed by atoms with E-state index in [0.29, 0.717) is 5.56 Å². The minimum Gasteiger partial charge on any atom is -0.288 e. The van der Waals surface area contributed by atoms with E-state index in [0.717, 1.165) is 25.0 Å². The molecule has 0 saturated heterocycles. The number of aryl methyl sites for hydroxylation is 1. The molecule has 1 aliphatic rings. The Morgan fingerprint density at radius 1 is 0.964 bits per heavy atom. The number of hydrogen-bond acceptors (Lipinski definition) is 5. The van der Waals surface area contributed by atoms with Crippen molar-refractivity contribution in [1.82, 2.24) is 4.98 Å². The van der Waals surface area contributed by atoms with Crippen molar-refractivity contribution < 1.29 is 14.0 Å². The number of thiophene rings is 1. The van der Waals surface area contributed by atoms with Gasteiger partial charge in [-0.1, -0.05) is 36.4 Å². The van der Waals surface area contributed by atoms with Crippen LogP contribution in [-0.2, 0) is 0 Å². The molecule has 0 saturated carbocycles. The predicted octanol–water partition coefficient (Wildman–Crippen LogP) is 5.93. The lowest BCUT2D eigenvalue weighted by Gasteiger charge is -2.00. The number of ketones is 2. The molecule has 28 heavy (non-hydrogen) atoms. The molecule has 0 atom stereocenters. The number of rotatable bonds is 2. The van der Waals surface area contributed by atoms with Crippen molar-refractivity contribution in [3.05, 3.63) is 81.5 Å². The van der Waals surface area contributed by atoms with Gasteiger partial charge in [0.25, 0.3) is 0 Å². The molecule has 5 rings (SSSR count). The molecule has 0 fully saturated rings. The van der Waals surface area contributed by atoms with E-state index in [1.165, 1.54) is 23.5 Å². The van der Waals surface area contributed by atoms with Crippen LogP contribution in [0, 0.1) is 12.7 Å². The number of allylic oxidation sites excluding steroid dienone is 1. The van der Waals surface area contributed by atoms with Crippen LogP contribution in [0.1, 0.15) is 31.2 Å². The van der Waals surface area contributed by atoms with Gasteiger partial charge in [0.05, 0.1) is 15.8 Å². The van der Waals surface area contributed by atoms with E-state index in [9.17, 15) is 14.0 Å². The Morgan fingerprint density at radius 3 is 2.43 bits per heavy atom. The molecule has 2 heterocycles. The predicted molar refractivity (Wildman–Crippen MR) is 111 cm³/mol. The monoisotopic (exact) mass is 405 g/mol. The first-order valence-electron chi connectivity index (χ1n) is 8.59. The first kappa shape index (κ1) is 17.2. The summed E-state index contributed by atoms with van der Waals surface area (Å²) in [6.45, 7) is 1.71. The highest BCUT2D eigenvalue weighted by Gasteiger charge is 2.37. The van der Waals surface area contributed by atoms with Crippen molar-refractivity contribution >= 4 is 49.8 Å². The summed E-state index contributed by atoms with van der Waals surface area (Å²) in [5.74, 6) is -1.61. The molecule has 0 bridgehead atoms. The molecule has 0 amide bonds. The van der Waals surface area contributed by atoms with Crippen LogP contribution in [0.2, 0.25) is 0 Å². The van der Waals surface area contributed by atoms with Crippen molar-refractivity contribution in [3.63, 3.8) is 0 Å². The van der Waals surface area contributed by atoms with Crippen molar-refractivity contribution in [2.45, 2.75) is 6.92 Å². The summed E-state index contributed by atoms with van der Waals surface area (Å²) in [4.78, 5) is 31.6. The van der Waals surface area contributed by atoms with Gasteiger partial charge in [0.15, 0.2) is 5.78 Å². The summed E-state index contributed by atoms with van der Waals surface area (Å²) < 4.78 is 15.1. The van der Waals surface area contributed by atoms with Crippen molar-refractivity contribution in [1.29, 1.82) is 0 Å². The second kappa shape index (κ2) is 6.29. The fourth-order valence-electron chi connectivity index (χ4n) is 3.37. The van der Waals surface area contributed by atoms with E-state index in [-0.39, 0.29) is 16.7 Å². The normalized spacial score (nSPS) is 15.0. The van der Waals surface area contributed by atoms with Gasteiger partial charge >= 0.3 is 0 Å². The Hall–Kier alpha value is -2.96. The highest BCUT2D eigenvalue weighted by molar-refractivity contribution is 7.29. The van der Waals surface area contributed by atoms with Gasteiger partial charge in [0.2, 0.25) is 5.78 Å². The summed E-state index contributed by atoms with van der Waals surface area (Å²) in [6, 6.07) is 14.6. The van der Waals surface area contributed by atoms with Crippen LogP contribution in [0.3, 0.4) is 0 Å². The van der Waals surface area contributed by atoms with Gasteiger partial charge in [-0.3, -0.25) is 9.59 Å². The van der Waals surface area contributed by atoms with Crippen LogP contribution in [-0.4, -0.2) is 16.6 Å². The largest absolute Gasteiger partial charge is 0.288 e. The summed E-state index contributed by atoms with van der Waals surface area (Å²) in [7, 11) is 0. The molecule has 2 aromatic heterocycles. The topological polar surface area (TPSA) is 47.0 Å². The fraction of sp³-hybridized carbons (Fsp3) is 0.0455. The van der Waals surface area contributed by atoms with Crippen LogP contribution in [0.4, 0.5) is 4.39 Å². The highest BCUT2D eigenvalue weighted by Crippen LogP contribution is 2.38. The van der Waals surface area contributed by atoms with Gasteiger partial charge in [0.1, 0.15) is 15.7 Å². The summed E-state index contributed by atoms with van der Waals surface area (Å²) in [6.07, 6.45) is 1.56. The van der Waals surface area contributed by atoms with Gasteiger partial charge in [0, 0.05) is 16.0 Å². The van der Waals surface area contributed by atoms with Crippen LogP contribution in [0.15, 0.2) is 54.1 Å². The standard InChI is InChI=1S/C22H12FNO2S2/c1-11-7-8-15(23)18-17(11)19(25)14(20(18)26)9-13-10-16-22(27-13)24-21(28-16)12-5-3-2-4-6-12/h2-10H,1H3/b14-9+. The lowest BCUT2D eigenvalue weighted by atomic mass is 10.0. The first-order chi connectivity index (χ1) is 13.5. The van der Waals surface area contributed by atoms with E-state index in [4.69, 9.17) is 0 Å². The molecule has 0 radical (unpaired) electrons. The first-order valence-corrected chi connectivity index (χ1v) is 10.2. The van der Waals surface area contributed by atoms with E-state index in [1.807, 2.05) is 36.4 Å².